The van der Waals surface area contributed by atoms with Crippen molar-refractivity contribution in [2.75, 3.05) is 31.1 Å². The van der Waals surface area contributed by atoms with Gasteiger partial charge in [0.25, 0.3) is 0 Å². The van der Waals surface area contributed by atoms with Crippen LogP contribution in [-0.2, 0) is 10.0 Å². The Kier molecular flexibility index (Phi) is 5.97. The zero-order valence-corrected chi connectivity index (χ0v) is 19.9. The second-order valence-corrected chi connectivity index (χ2v) is 10.4. The second kappa shape index (κ2) is 8.91. The van der Waals surface area contributed by atoms with E-state index in [2.05, 4.69) is 4.90 Å². The summed E-state index contributed by atoms with van der Waals surface area (Å²) in [6.07, 6.45) is 0. The molecule has 9 heteroatoms. The number of halogens is 2. The molecule has 4 aromatic rings. The smallest absolute Gasteiger partial charge is 0.244 e. The minimum atomic E-state index is -3.76. The molecule has 5 rings (SSSR count). The van der Waals surface area contributed by atoms with E-state index in [4.69, 9.17) is 33.2 Å². The van der Waals surface area contributed by atoms with Crippen LogP contribution in [0.25, 0.3) is 22.3 Å². The van der Waals surface area contributed by atoms with E-state index in [1.165, 1.54) is 10.4 Å². The first-order valence-corrected chi connectivity index (χ1v) is 12.7. The largest absolute Gasteiger partial charge is 0.352 e. The van der Waals surface area contributed by atoms with Gasteiger partial charge in [-0.1, -0.05) is 71.7 Å². The predicted octanol–water partition coefficient (Wildman–Crippen LogP) is 5.11. The summed E-state index contributed by atoms with van der Waals surface area (Å²) in [7, 11) is -3.76. The maximum absolute atomic E-state index is 13.2. The van der Waals surface area contributed by atoms with E-state index < -0.39 is 10.0 Å². The van der Waals surface area contributed by atoms with Crippen LogP contribution in [0.15, 0.2) is 77.7 Å². The molecular weight excluding hydrogens is 479 g/mol. The summed E-state index contributed by atoms with van der Waals surface area (Å²) >= 11 is 12.2. The van der Waals surface area contributed by atoms with Crippen LogP contribution in [0.2, 0.25) is 10.0 Å². The number of nitrogens with zero attached hydrogens (tertiary/aromatic N) is 4. The van der Waals surface area contributed by atoms with Crippen LogP contribution in [0, 0.1) is 0 Å². The van der Waals surface area contributed by atoms with E-state index in [1.54, 1.807) is 12.1 Å². The molecule has 1 aliphatic rings. The van der Waals surface area contributed by atoms with E-state index in [0.717, 1.165) is 28.1 Å². The van der Waals surface area contributed by atoms with Gasteiger partial charge in [-0.15, -0.1) is 0 Å². The molecule has 2 heterocycles. The Labute approximate surface area is 202 Å². The summed E-state index contributed by atoms with van der Waals surface area (Å²) in [6.45, 7) is 1.55. The molecule has 1 aromatic heterocycles. The monoisotopic (exact) mass is 498 g/mol. The highest BCUT2D eigenvalue weighted by molar-refractivity contribution is 7.89. The molecule has 168 valence electrons. The van der Waals surface area contributed by atoms with Crippen LogP contribution in [0.3, 0.4) is 0 Å². The SMILES string of the molecule is O=S(=O)(c1cccc(Cl)c1Cl)N1CCN(c2nc3ccccc3nc2-c2ccccc2)CC1. The summed E-state index contributed by atoms with van der Waals surface area (Å²) in [5.74, 6) is 0.748. The number of sulfonamides is 1. The third-order valence-electron chi connectivity index (χ3n) is 5.67. The molecule has 0 aliphatic carbocycles. The first kappa shape index (κ1) is 22.1. The summed E-state index contributed by atoms with van der Waals surface area (Å²) in [4.78, 5) is 11.9. The van der Waals surface area contributed by atoms with E-state index in [-0.39, 0.29) is 14.9 Å². The first-order chi connectivity index (χ1) is 15.9. The molecule has 1 saturated heterocycles. The topological polar surface area (TPSA) is 66.4 Å². The Hall–Kier alpha value is -2.71. The normalized spacial score (nSPS) is 15.2. The van der Waals surface area contributed by atoms with E-state index in [9.17, 15) is 8.42 Å². The van der Waals surface area contributed by atoms with Gasteiger partial charge in [-0.05, 0) is 24.3 Å². The molecule has 0 radical (unpaired) electrons. The summed E-state index contributed by atoms with van der Waals surface area (Å²) in [5.41, 5.74) is 3.36. The van der Waals surface area contributed by atoms with Crippen LogP contribution < -0.4 is 4.90 Å². The molecule has 0 saturated carbocycles. The average Bonchev–Trinajstić information content (AvgIpc) is 2.85. The summed E-state index contributed by atoms with van der Waals surface area (Å²) in [6, 6.07) is 22.3. The Morgan fingerprint density at radius 2 is 1.36 bits per heavy atom. The van der Waals surface area contributed by atoms with Gasteiger partial charge in [0.1, 0.15) is 10.6 Å². The van der Waals surface area contributed by atoms with Crippen molar-refractivity contribution in [2.24, 2.45) is 0 Å². The van der Waals surface area contributed by atoms with Crippen molar-refractivity contribution in [2.45, 2.75) is 4.90 Å². The van der Waals surface area contributed by atoms with Gasteiger partial charge < -0.3 is 4.90 Å². The number of anilines is 1. The van der Waals surface area contributed by atoms with Gasteiger partial charge >= 0.3 is 0 Å². The Morgan fingerprint density at radius 1 is 0.727 bits per heavy atom. The van der Waals surface area contributed by atoms with Crippen LogP contribution in [0.5, 0.6) is 0 Å². The van der Waals surface area contributed by atoms with Crippen molar-refractivity contribution in [1.82, 2.24) is 14.3 Å². The molecule has 33 heavy (non-hydrogen) atoms. The zero-order valence-electron chi connectivity index (χ0n) is 17.5. The quantitative estimate of drug-likeness (QED) is 0.390. The number of hydrogen-bond acceptors (Lipinski definition) is 5. The number of rotatable bonds is 4. The fourth-order valence-electron chi connectivity index (χ4n) is 3.96. The Bertz CT molecular complexity index is 1420. The molecular formula is C24H20Cl2N4O2S. The average molecular weight is 499 g/mol. The molecule has 1 aliphatic heterocycles. The number of benzene rings is 3. The fraction of sp³-hybridized carbons (Fsp3) is 0.167. The molecule has 3 aromatic carbocycles. The number of fused-ring (bicyclic) bond motifs is 1. The minimum absolute atomic E-state index is 0.0283. The van der Waals surface area contributed by atoms with Crippen molar-refractivity contribution in [3.63, 3.8) is 0 Å². The number of para-hydroxylation sites is 2. The highest BCUT2D eigenvalue weighted by atomic mass is 35.5. The molecule has 0 N–H and O–H groups in total. The van der Waals surface area contributed by atoms with Crippen LogP contribution >= 0.6 is 23.2 Å². The number of aromatic nitrogens is 2. The predicted molar refractivity (Wildman–Crippen MR) is 132 cm³/mol. The molecule has 0 amide bonds. The lowest BCUT2D eigenvalue weighted by Gasteiger charge is -2.35. The van der Waals surface area contributed by atoms with Crippen molar-refractivity contribution >= 4 is 50.1 Å². The van der Waals surface area contributed by atoms with Crippen LogP contribution in [-0.4, -0.2) is 48.9 Å². The molecule has 0 bridgehead atoms. The van der Waals surface area contributed by atoms with Crippen molar-refractivity contribution in [1.29, 1.82) is 0 Å². The van der Waals surface area contributed by atoms with Gasteiger partial charge in [0.05, 0.1) is 21.1 Å². The van der Waals surface area contributed by atoms with Gasteiger partial charge in [-0.2, -0.15) is 4.31 Å². The number of hydrogen-bond donors (Lipinski definition) is 0. The maximum atomic E-state index is 13.2. The maximum Gasteiger partial charge on any atom is 0.244 e. The van der Waals surface area contributed by atoms with Crippen molar-refractivity contribution < 1.29 is 8.42 Å². The third-order valence-corrected chi connectivity index (χ3v) is 8.54. The van der Waals surface area contributed by atoms with E-state index >= 15 is 0 Å². The fourth-order valence-corrected chi connectivity index (χ4v) is 6.12. The van der Waals surface area contributed by atoms with Crippen LogP contribution in [0.4, 0.5) is 5.82 Å². The molecule has 0 atom stereocenters. The lowest BCUT2D eigenvalue weighted by atomic mass is 10.1. The second-order valence-electron chi connectivity index (χ2n) is 7.69. The summed E-state index contributed by atoms with van der Waals surface area (Å²) in [5, 5.41) is 0.267. The van der Waals surface area contributed by atoms with Gasteiger partial charge in [0.15, 0.2) is 5.82 Å². The lowest BCUT2D eigenvalue weighted by molar-refractivity contribution is 0.384. The summed E-state index contributed by atoms with van der Waals surface area (Å²) < 4.78 is 27.8. The van der Waals surface area contributed by atoms with Gasteiger partial charge in [-0.3, -0.25) is 0 Å². The molecule has 0 unspecified atom stereocenters. The van der Waals surface area contributed by atoms with Gasteiger partial charge in [0, 0.05) is 31.7 Å². The van der Waals surface area contributed by atoms with Crippen molar-refractivity contribution in [3.8, 4) is 11.3 Å². The minimum Gasteiger partial charge on any atom is -0.352 e. The van der Waals surface area contributed by atoms with Gasteiger partial charge in [0.2, 0.25) is 10.0 Å². The zero-order chi connectivity index (χ0) is 23.0. The first-order valence-electron chi connectivity index (χ1n) is 10.5. The van der Waals surface area contributed by atoms with E-state index in [1.807, 2.05) is 54.6 Å². The molecule has 0 spiro atoms. The third kappa shape index (κ3) is 4.17. The van der Waals surface area contributed by atoms with Gasteiger partial charge in [-0.25, -0.2) is 18.4 Å². The Balaban J connectivity index is 1.47. The van der Waals surface area contributed by atoms with Crippen molar-refractivity contribution in [3.05, 3.63) is 82.8 Å². The highest BCUT2D eigenvalue weighted by Crippen LogP contribution is 2.33. The highest BCUT2D eigenvalue weighted by Gasteiger charge is 2.32. The van der Waals surface area contributed by atoms with Crippen LogP contribution in [0.1, 0.15) is 0 Å². The number of piperazine rings is 1. The standard InChI is InChI=1S/C24H20Cl2N4O2S/c25-18-9-6-12-21(22(18)26)33(31,32)30-15-13-29(14-16-30)24-23(17-7-2-1-3-8-17)27-19-10-4-5-11-20(19)28-24/h1-12H,13-16H2. The lowest BCUT2D eigenvalue weighted by Crippen LogP contribution is -2.49. The molecule has 6 nitrogen and oxygen atoms in total. The molecule has 1 fully saturated rings. The van der Waals surface area contributed by atoms with E-state index in [0.29, 0.717) is 26.2 Å². The Morgan fingerprint density at radius 3 is 2.06 bits per heavy atom.